The first-order valence-corrected chi connectivity index (χ1v) is 7.43. The number of imidazole rings is 1. The van der Waals surface area contributed by atoms with Crippen molar-refractivity contribution in [2.45, 2.75) is 32.1 Å². The van der Waals surface area contributed by atoms with Gasteiger partial charge >= 0.3 is 0 Å². The van der Waals surface area contributed by atoms with Gasteiger partial charge in [-0.3, -0.25) is 0 Å². The molecule has 0 unspecified atom stereocenters. The standard InChI is InChI=1S/C16H19N3/c17-2-1-15(19-4-3-18-10-19)16-13-6-11-5-12(8-13)9-14(16)7-11/h1,3-4,10-14,16H,5-9H2/b15-1+. The van der Waals surface area contributed by atoms with Crippen LogP contribution < -0.4 is 0 Å². The van der Waals surface area contributed by atoms with Gasteiger partial charge in [0.25, 0.3) is 0 Å². The monoisotopic (exact) mass is 253 g/mol. The summed E-state index contributed by atoms with van der Waals surface area (Å²) in [6.45, 7) is 0. The molecule has 4 aliphatic rings. The summed E-state index contributed by atoms with van der Waals surface area (Å²) in [4.78, 5) is 4.15. The molecule has 0 spiro atoms. The normalized spacial score (nSPS) is 40.4. The van der Waals surface area contributed by atoms with Crippen molar-refractivity contribution in [2.75, 3.05) is 0 Å². The first kappa shape index (κ1) is 11.3. The molecule has 0 aliphatic heterocycles. The largest absolute Gasteiger partial charge is 0.309 e. The lowest BCUT2D eigenvalue weighted by Gasteiger charge is -2.55. The minimum Gasteiger partial charge on any atom is -0.309 e. The van der Waals surface area contributed by atoms with Gasteiger partial charge in [0.2, 0.25) is 0 Å². The summed E-state index contributed by atoms with van der Waals surface area (Å²) >= 11 is 0. The zero-order chi connectivity index (χ0) is 12.8. The lowest BCUT2D eigenvalue weighted by atomic mass is 9.51. The van der Waals surface area contributed by atoms with Crippen LogP contribution in [0.1, 0.15) is 32.1 Å². The molecule has 3 heteroatoms. The van der Waals surface area contributed by atoms with Crippen LogP contribution in [0.4, 0.5) is 0 Å². The van der Waals surface area contributed by atoms with Gasteiger partial charge < -0.3 is 4.57 Å². The van der Waals surface area contributed by atoms with Gasteiger partial charge in [-0.05, 0) is 55.8 Å². The maximum absolute atomic E-state index is 9.13. The van der Waals surface area contributed by atoms with E-state index in [0.717, 1.165) is 23.7 Å². The number of rotatable bonds is 2. The van der Waals surface area contributed by atoms with Crippen LogP contribution >= 0.6 is 0 Å². The van der Waals surface area contributed by atoms with Gasteiger partial charge in [0, 0.05) is 30.1 Å². The van der Waals surface area contributed by atoms with Crippen LogP contribution in [0.5, 0.6) is 0 Å². The van der Waals surface area contributed by atoms with Crippen LogP contribution in [0, 0.1) is 40.9 Å². The van der Waals surface area contributed by atoms with Gasteiger partial charge in [-0.2, -0.15) is 5.26 Å². The molecule has 0 amide bonds. The number of nitrogens with zero attached hydrogens (tertiary/aromatic N) is 3. The van der Waals surface area contributed by atoms with E-state index in [0.29, 0.717) is 5.92 Å². The molecule has 0 aromatic carbocycles. The van der Waals surface area contributed by atoms with E-state index in [9.17, 15) is 0 Å². The number of hydrogen-bond acceptors (Lipinski definition) is 2. The van der Waals surface area contributed by atoms with Crippen molar-refractivity contribution in [2.24, 2.45) is 29.6 Å². The van der Waals surface area contributed by atoms with Gasteiger partial charge in [0.05, 0.1) is 12.4 Å². The molecule has 5 rings (SSSR count). The average Bonchev–Trinajstić information content (AvgIpc) is 2.89. The lowest BCUT2D eigenvalue weighted by molar-refractivity contribution is -0.0139. The van der Waals surface area contributed by atoms with Crippen LogP contribution in [-0.4, -0.2) is 9.55 Å². The van der Waals surface area contributed by atoms with Crippen LogP contribution in [0.3, 0.4) is 0 Å². The van der Waals surface area contributed by atoms with Gasteiger partial charge in [0.15, 0.2) is 0 Å². The van der Waals surface area contributed by atoms with Crippen molar-refractivity contribution in [1.29, 1.82) is 5.26 Å². The molecule has 0 radical (unpaired) electrons. The second-order valence-corrected chi connectivity index (χ2v) is 6.62. The van der Waals surface area contributed by atoms with Crippen molar-refractivity contribution < 1.29 is 0 Å². The van der Waals surface area contributed by atoms with Crippen molar-refractivity contribution in [1.82, 2.24) is 9.55 Å². The van der Waals surface area contributed by atoms with Crippen molar-refractivity contribution in [3.63, 3.8) is 0 Å². The zero-order valence-electron chi connectivity index (χ0n) is 11.1. The molecule has 0 atom stereocenters. The Morgan fingerprint density at radius 3 is 2.37 bits per heavy atom. The SMILES string of the molecule is N#C/C=C(\C1C2CC3CC(C2)CC1C3)n1ccnc1. The topological polar surface area (TPSA) is 41.6 Å². The Bertz CT molecular complexity index is 507. The summed E-state index contributed by atoms with van der Waals surface area (Å²) in [6, 6.07) is 2.25. The molecule has 4 fully saturated rings. The highest BCUT2D eigenvalue weighted by atomic mass is 15.0. The fourth-order valence-electron chi connectivity index (χ4n) is 5.23. The molecular formula is C16H19N3. The minimum atomic E-state index is 0.585. The molecule has 0 saturated heterocycles. The fraction of sp³-hybridized carbons (Fsp3) is 0.625. The Morgan fingerprint density at radius 1 is 1.16 bits per heavy atom. The minimum absolute atomic E-state index is 0.585. The third-order valence-corrected chi connectivity index (χ3v) is 5.58. The van der Waals surface area contributed by atoms with Gasteiger partial charge in [-0.25, -0.2) is 4.98 Å². The summed E-state index contributed by atoms with van der Waals surface area (Å²) in [7, 11) is 0. The zero-order valence-corrected chi connectivity index (χ0v) is 11.1. The Kier molecular flexibility index (Phi) is 2.51. The number of hydrogen-bond donors (Lipinski definition) is 0. The third-order valence-electron chi connectivity index (χ3n) is 5.58. The third kappa shape index (κ3) is 1.74. The summed E-state index contributed by atoms with van der Waals surface area (Å²) in [5, 5.41) is 9.13. The molecule has 4 bridgehead atoms. The van der Waals surface area contributed by atoms with E-state index >= 15 is 0 Å². The molecule has 4 saturated carbocycles. The van der Waals surface area contributed by atoms with E-state index in [-0.39, 0.29) is 0 Å². The number of aromatic nitrogens is 2. The Morgan fingerprint density at radius 2 is 1.84 bits per heavy atom. The van der Waals surface area contributed by atoms with E-state index in [4.69, 9.17) is 5.26 Å². The molecule has 1 aromatic rings. The second kappa shape index (κ2) is 4.23. The summed E-state index contributed by atoms with van der Waals surface area (Å²) in [5.41, 5.74) is 1.19. The van der Waals surface area contributed by atoms with Gasteiger partial charge in [0.1, 0.15) is 0 Å². The molecule has 4 aliphatic carbocycles. The Balaban J connectivity index is 1.71. The van der Waals surface area contributed by atoms with Gasteiger partial charge in [-0.1, -0.05) is 0 Å². The van der Waals surface area contributed by atoms with E-state index in [1.54, 1.807) is 12.3 Å². The van der Waals surface area contributed by atoms with Crippen LogP contribution in [-0.2, 0) is 0 Å². The molecule has 3 nitrogen and oxygen atoms in total. The first-order valence-electron chi connectivity index (χ1n) is 7.43. The molecule has 98 valence electrons. The fourth-order valence-corrected chi connectivity index (χ4v) is 5.23. The highest BCUT2D eigenvalue weighted by molar-refractivity contribution is 5.53. The maximum atomic E-state index is 9.13. The van der Waals surface area contributed by atoms with Crippen LogP contribution in [0.2, 0.25) is 0 Å². The molecule has 19 heavy (non-hydrogen) atoms. The summed E-state index contributed by atoms with van der Waals surface area (Å²) in [6.07, 6.45) is 14.4. The van der Waals surface area contributed by atoms with E-state index in [1.807, 2.05) is 12.5 Å². The van der Waals surface area contributed by atoms with Gasteiger partial charge in [-0.15, -0.1) is 0 Å². The second-order valence-electron chi connectivity index (χ2n) is 6.62. The van der Waals surface area contributed by atoms with Crippen molar-refractivity contribution >= 4 is 5.70 Å². The quantitative estimate of drug-likeness (QED) is 0.759. The maximum Gasteiger partial charge on any atom is 0.0989 e. The Hall–Kier alpha value is -1.56. The van der Waals surface area contributed by atoms with E-state index < -0.39 is 0 Å². The molecule has 0 N–H and O–H groups in total. The van der Waals surface area contributed by atoms with Crippen molar-refractivity contribution in [3.8, 4) is 6.07 Å². The van der Waals surface area contributed by atoms with Crippen LogP contribution in [0.25, 0.3) is 5.70 Å². The van der Waals surface area contributed by atoms with E-state index in [1.165, 1.54) is 37.8 Å². The predicted octanol–water partition coefficient (Wildman–Crippen LogP) is 3.32. The predicted molar refractivity (Wildman–Crippen MR) is 72.6 cm³/mol. The molecular weight excluding hydrogens is 234 g/mol. The molecule has 1 heterocycles. The smallest absolute Gasteiger partial charge is 0.0989 e. The first-order chi connectivity index (χ1) is 9.35. The van der Waals surface area contributed by atoms with E-state index in [2.05, 4.69) is 15.6 Å². The average molecular weight is 253 g/mol. The Labute approximate surface area is 113 Å². The lowest BCUT2D eigenvalue weighted by Crippen LogP contribution is -2.45. The highest BCUT2D eigenvalue weighted by Crippen LogP contribution is 2.58. The number of allylic oxidation sites excluding steroid dienone is 2. The highest BCUT2D eigenvalue weighted by Gasteiger charge is 2.49. The van der Waals surface area contributed by atoms with Crippen molar-refractivity contribution in [3.05, 3.63) is 24.8 Å². The number of nitriles is 1. The molecule has 1 aromatic heterocycles. The summed E-state index contributed by atoms with van der Waals surface area (Å²) < 4.78 is 2.07. The summed E-state index contributed by atoms with van der Waals surface area (Å²) in [5.74, 6) is 4.15. The van der Waals surface area contributed by atoms with Crippen LogP contribution in [0.15, 0.2) is 24.8 Å².